The van der Waals surface area contributed by atoms with Gasteiger partial charge in [-0.3, -0.25) is 4.79 Å². The van der Waals surface area contributed by atoms with Crippen LogP contribution in [-0.4, -0.2) is 18.4 Å². The zero-order valence-electron chi connectivity index (χ0n) is 19.9. The number of allylic oxidation sites excluding steroid dienone is 1. The van der Waals surface area contributed by atoms with Gasteiger partial charge in [0.2, 0.25) is 0 Å². The monoisotopic (exact) mass is 434 g/mol. The number of benzene rings is 1. The molecule has 0 amide bonds. The van der Waals surface area contributed by atoms with Gasteiger partial charge in [0.1, 0.15) is 0 Å². The van der Waals surface area contributed by atoms with E-state index in [1.165, 1.54) is 37.7 Å². The number of esters is 1. The van der Waals surface area contributed by atoms with E-state index >= 15 is 0 Å². The van der Waals surface area contributed by atoms with E-state index in [0.717, 1.165) is 37.0 Å². The van der Waals surface area contributed by atoms with Crippen LogP contribution in [0.5, 0.6) is 0 Å². The number of hydrogen-bond acceptors (Lipinski definition) is 3. The summed E-state index contributed by atoms with van der Waals surface area (Å²) in [4.78, 5) is 24.5. The van der Waals surface area contributed by atoms with Gasteiger partial charge in [-0.05, 0) is 104 Å². The fourth-order valence-electron chi connectivity index (χ4n) is 8.52. The fraction of sp³-hybridized carbons (Fsp3) is 0.655. The summed E-state index contributed by atoms with van der Waals surface area (Å²) in [5.41, 5.74) is 2.69. The molecule has 3 saturated carbocycles. The first-order chi connectivity index (χ1) is 15.3. The average Bonchev–Trinajstić information content (AvgIpc) is 3.15. The predicted molar refractivity (Wildman–Crippen MR) is 126 cm³/mol. The lowest BCUT2D eigenvalue weighted by atomic mass is 9.46. The number of carbonyl (C=O) groups excluding carboxylic acids is 2. The Balaban J connectivity index is 1.28. The van der Waals surface area contributed by atoms with E-state index in [1.54, 1.807) is 0 Å². The van der Waals surface area contributed by atoms with Crippen LogP contribution in [0, 0.1) is 40.4 Å². The van der Waals surface area contributed by atoms with Crippen LogP contribution in [0.3, 0.4) is 0 Å². The van der Waals surface area contributed by atoms with Crippen LogP contribution in [0.15, 0.2) is 42.0 Å². The minimum Gasteiger partial charge on any atom is -0.462 e. The first kappa shape index (κ1) is 21.9. The summed E-state index contributed by atoms with van der Waals surface area (Å²) < 4.78 is 5.75. The van der Waals surface area contributed by atoms with Crippen molar-refractivity contribution < 1.29 is 14.3 Å². The molecule has 32 heavy (non-hydrogen) atoms. The lowest BCUT2D eigenvalue weighted by Crippen LogP contribution is -2.51. The highest BCUT2D eigenvalue weighted by Crippen LogP contribution is 2.67. The Morgan fingerprint density at radius 1 is 1.03 bits per heavy atom. The van der Waals surface area contributed by atoms with E-state index in [0.29, 0.717) is 35.2 Å². The van der Waals surface area contributed by atoms with Gasteiger partial charge < -0.3 is 4.74 Å². The molecule has 0 N–H and O–H groups in total. The number of carbonyl (C=O) groups is 2. The number of rotatable bonds is 4. The van der Waals surface area contributed by atoms with E-state index in [1.807, 2.05) is 36.4 Å². The molecular weight excluding hydrogens is 396 g/mol. The molecule has 3 nitrogen and oxygen atoms in total. The predicted octanol–water partition coefficient (Wildman–Crippen LogP) is 6.63. The lowest BCUT2D eigenvalue weighted by Gasteiger charge is -2.58. The maximum absolute atomic E-state index is 12.5. The molecule has 0 saturated heterocycles. The van der Waals surface area contributed by atoms with Gasteiger partial charge in [0, 0.05) is 6.42 Å². The molecule has 5 rings (SSSR count). The first-order valence-corrected chi connectivity index (χ1v) is 12.8. The lowest BCUT2D eigenvalue weighted by molar-refractivity contribution is -0.117. The van der Waals surface area contributed by atoms with Crippen molar-refractivity contribution in [2.45, 2.75) is 72.1 Å². The molecule has 1 aromatic rings. The second kappa shape index (κ2) is 8.15. The van der Waals surface area contributed by atoms with Crippen LogP contribution in [0.25, 0.3) is 0 Å². The minimum absolute atomic E-state index is 0.202. The first-order valence-electron chi connectivity index (χ1n) is 12.8. The molecule has 1 aromatic carbocycles. The van der Waals surface area contributed by atoms with E-state index in [2.05, 4.69) is 20.8 Å². The van der Waals surface area contributed by atoms with Crippen LogP contribution >= 0.6 is 0 Å². The Kier molecular flexibility index (Phi) is 5.58. The second-order valence-electron chi connectivity index (χ2n) is 11.6. The van der Waals surface area contributed by atoms with Gasteiger partial charge in [0.25, 0.3) is 0 Å². The molecule has 0 bridgehead atoms. The van der Waals surface area contributed by atoms with Gasteiger partial charge in [0.15, 0.2) is 5.78 Å². The van der Waals surface area contributed by atoms with E-state index in [-0.39, 0.29) is 11.4 Å². The molecule has 0 unspecified atom stereocenters. The van der Waals surface area contributed by atoms with Crippen molar-refractivity contribution in [1.29, 1.82) is 0 Å². The summed E-state index contributed by atoms with van der Waals surface area (Å²) in [5.74, 6) is 3.44. The van der Waals surface area contributed by atoms with Crippen molar-refractivity contribution in [2.75, 3.05) is 6.61 Å². The van der Waals surface area contributed by atoms with Crippen LogP contribution < -0.4 is 0 Å². The Bertz CT molecular complexity index is 918. The second-order valence-corrected chi connectivity index (χ2v) is 11.6. The van der Waals surface area contributed by atoms with Gasteiger partial charge in [-0.2, -0.15) is 0 Å². The third-order valence-corrected chi connectivity index (χ3v) is 10.2. The maximum Gasteiger partial charge on any atom is 0.338 e. The van der Waals surface area contributed by atoms with Gasteiger partial charge in [0.05, 0.1) is 12.2 Å². The molecule has 172 valence electrons. The van der Waals surface area contributed by atoms with Crippen LogP contribution in [-0.2, 0) is 9.53 Å². The highest BCUT2D eigenvalue weighted by Gasteiger charge is 2.59. The van der Waals surface area contributed by atoms with Crippen LogP contribution in [0.2, 0.25) is 0 Å². The van der Waals surface area contributed by atoms with Crippen molar-refractivity contribution in [2.24, 2.45) is 40.4 Å². The molecule has 0 radical (unpaired) electrons. The SMILES string of the molecule is C[C@H](COC(=O)c1ccccc1)[C@H]1CC[C@H]2[C@@H]3CCC4=CC(=O)CC[C@]4(C)[C@H]3CC[C@]12C. The maximum atomic E-state index is 12.5. The number of ketones is 1. The highest BCUT2D eigenvalue weighted by molar-refractivity contribution is 5.91. The summed E-state index contributed by atoms with van der Waals surface area (Å²) in [6, 6.07) is 9.34. The van der Waals surface area contributed by atoms with Crippen molar-refractivity contribution in [3.8, 4) is 0 Å². The molecule has 4 aliphatic carbocycles. The topological polar surface area (TPSA) is 43.4 Å². The van der Waals surface area contributed by atoms with Crippen molar-refractivity contribution in [3.05, 3.63) is 47.5 Å². The largest absolute Gasteiger partial charge is 0.462 e. The number of hydrogen-bond donors (Lipinski definition) is 0. The number of ether oxygens (including phenoxy) is 1. The molecular formula is C29H38O3. The third kappa shape index (κ3) is 3.47. The van der Waals surface area contributed by atoms with Crippen LogP contribution in [0.4, 0.5) is 0 Å². The smallest absolute Gasteiger partial charge is 0.338 e. The van der Waals surface area contributed by atoms with E-state index in [9.17, 15) is 9.59 Å². The summed E-state index contributed by atoms with van der Waals surface area (Å²) in [6.45, 7) is 7.81. The molecule has 4 aliphatic rings. The van der Waals surface area contributed by atoms with E-state index in [4.69, 9.17) is 4.74 Å². The Morgan fingerprint density at radius 3 is 2.59 bits per heavy atom. The molecule has 0 heterocycles. The van der Waals surface area contributed by atoms with Gasteiger partial charge in [-0.25, -0.2) is 4.79 Å². The van der Waals surface area contributed by atoms with Gasteiger partial charge in [-0.15, -0.1) is 0 Å². The molecule has 7 atom stereocenters. The molecule has 0 spiro atoms. The standard InChI is InChI=1S/C29H38O3/c1-19(18-32-27(31)20-7-5-4-6-8-20)24-11-12-25-23-10-9-21-17-22(30)13-15-28(21,2)26(23)14-16-29(24,25)3/h4-8,17,19,23-26H,9-16,18H2,1-3H3/t19-,23+,24-,25+,26+,28+,29-/m1/s1. The summed E-state index contributed by atoms with van der Waals surface area (Å²) in [5, 5.41) is 0. The zero-order chi connectivity index (χ0) is 22.5. The summed E-state index contributed by atoms with van der Waals surface area (Å²) in [7, 11) is 0. The van der Waals surface area contributed by atoms with E-state index < -0.39 is 0 Å². The van der Waals surface area contributed by atoms with Gasteiger partial charge >= 0.3 is 5.97 Å². The third-order valence-electron chi connectivity index (χ3n) is 10.2. The Morgan fingerprint density at radius 2 is 1.81 bits per heavy atom. The molecule has 3 heteroatoms. The molecule has 0 aromatic heterocycles. The average molecular weight is 435 g/mol. The Hall–Kier alpha value is -1.90. The van der Waals surface area contributed by atoms with Gasteiger partial charge in [-0.1, -0.05) is 44.5 Å². The summed E-state index contributed by atoms with van der Waals surface area (Å²) >= 11 is 0. The molecule has 0 aliphatic heterocycles. The normalized spacial score (nSPS) is 39.3. The molecule has 3 fully saturated rings. The van der Waals surface area contributed by atoms with Crippen molar-refractivity contribution in [1.82, 2.24) is 0 Å². The number of fused-ring (bicyclic) bond motifs is 5. The summed E-state index contributed by atoms with van der Waals surface area (Å²) in [6.07, 6.45) is 11.3. The quantitative estimate of drug-likeness (QED) is 0.500. The minimum atomic E-state index is -0.202. The van der Waals surface area contributed by atoms with Crippen LogP contribution in [0.1, 0.15) is 82.5 Å². The zero-order valence-corrected chi connectivity index (χ0v) is 19.9. The van der Waals surface area contributed by atoms with Crippen molar-refractivity contribution in [3.63, 3.8) is 0 Å². The van der Waals surface area contributed by atoms with Crippen molar-refractivity contribution >= 4 is 11.8 Å². The fourth-order valence-corrected chi connectivity index (χ4v) is 8.52. The highest BCUT2D eigenvalue weighted by atomic mass is 16.5. The Labute approximate surface area is 193 Å².